The zero-order chi connectivity index (χ0) is 29.2. The highest BCUT2D eigenvalue weighted by Gasteiger charge is 2.38. The third kappa shape index (κ3) is 5.42. The van der Waals surface area contributed by atoms with E-state index in [1.54, 1.807) is 16.7 Å². The molecule has 2 aliphatic rings. The Morgan fingerprint density at radius 2 is 1.83 bits per heavy atom. The van der Waals surface area contributed by atoms with Crippen LogP contribution in [0.1, 0.15) is 30.2 Å². The van der Waals surface area contributed by atoms with E-state index < -0.39 is 0 Å². The Labute approximate surface area is 248 Å². The van der Waals surface area contributed by atoms with Gasteiger partial charge in [0.1, 0.15) is 18.1 Å². The lowest BCUT2D eigenvalue weighted by atomic mass is 9.99. The van der Waals surface area contributed by atoms with Crippen LogP contribution in [0.3, 0.4) is 0 Å². The third-order valence-corrected chi connectivity index (χ3v) is 8.42. The second kappa shape index (κ2) is 11.8. The number of hydrogen-bond acceptors (Lipinski definition) is 7. The molecule has 0 aliphatic carbocycles. The third-order valence-electron chi connectivity index (χ3n) is 7.16. The number of nitrogens with zero attached hydrogens (tertiary/aromatic N) is 3. The SMILES string of the molecule is COc1ccc(-n2nc(-c3ccccc3)c3c2N(CC(=O)NCC(C)C)C(=O)CS[C@@H]3c2ccc3c(c2)OCO3)cc1. The monoisotopic (exact) mass is 584 g/mol. The molecule has 0 saturated heterocycles. The van der Waals surface area contributed by atoms with Crippen molar-refractivity contribution in [1.29, 1.82) is 0 Å². The molecule has 0 radical (unpaired) electrons. The summed E-state index contributed by atoms with van der Waals surface area (Å²) in [6, 6.07) is 23.3. The molecule has 1 atom stereocenters. The van der Waals surface area contributed by atoms with Crippen molar-refractivity contribution in [3.63, 3.8) is 0 Å². The van der Waals surface area contributed by atoms with Gasteiger partial charge in [-0.3, -0.25) is 14.5 Å². The fourth-order valence-corrected chi connectivity index (χ4v) is 6.28. The van der Waals surface area contributed by atoms with Gasteiger partial charge in [0, 0.05) is 17.7 Å². The van der Waals surface area contributed by atoms with E-state index in [1.807, 2.05) is 86.6 Å². The Bertz CT molecular complexity index is 1600. The summed E-state index contributed by atoms with van der Waals surface area (Å²) in [5.41, 5.74) is 4.19. The Hall–Kier alpha value is -4.44. The molecular formula is C32H32N4O5S. The lowest BCUT2D eigenvalue weighted by Crippen LogP contribution is -2.43. The van der Waals surface area contributed by atoms with Gasteiger partial charge in [0.25, 0.3) is 0 Å². The summed E-state index contributed by atoms with van der Waals surface area (Å²) >= 11 is 1.51. The fourth-order valence-electron chi connectivity index (χ4n) is 5.09. The largest absolute Gasteiger partial charge is 0.497 e. The predicted octanol–water partition coefficient (Wildman–Crippen LogP) is 5.22. The van der Waals surface area contributed by atoms with Crippen molar-refractivity contribution in [2.45, 2.75) is 19.1 Å². The maximum Gasteiger partial charge on any atom is 0.240 e. The second-order valence-electron chi connectivity index (χ2n) is 10.5. The molecule has 0 fully saturated rings. The number of ether oxygens (including phenoxy) is 3. The molecule has 1 aromatic heterocycles. The Morgan fingerprint density at radius 1 is 1.07 bits per heavy atom. The number of carbonyl (C=O) groups excluding carboxylic acids is 2. The number of hydrogen-bond donors (Lipinski definition) is 1. The summed E-state index contributed by atoms with van der Waals surface area (Å²) in [6.07, 6.45) is 0. The molecule has 9 nitrogen and oxygen atoms in total. The van der Waals surface area contributed by atoms with Crippen LogP contribution in [0.4, 0.5) is 5.82 Å². The summed E-state index contributed by atoms with van der Waals surface area (Å²) in [7, 11) is 1.62. The molecule has 216 valence electrons. The van der Waals surface area contributed by atoms with E-state index in [1.165, 1.54) is 11.8 Å². The molecule has 6 rings (SSSR count). The topological polar surface area (TPSA) is 94.9 Å². The zero-order valence-electron chi connectivity index (χ0n) is 23.7. The van der Waals surface area contributed by atoms with E-state index in [9.17, 15) is 9.59 Å². The summed E-state index contributed by atoms with van der Waals surface area (Å²) in [5, 5.41) is 7.82. The number of anilines is 1. The second-order valence-corrected chi connectivity index (χ2v) is 11.6. The standard InChI is InChI=1S/C32H32N4O5S/c1-20(2)16-33-27(37)17-35-28(38)18-42-31(22-9-14-25-26(15-22)41-19-40-25)29-30(21-7-5-4-6-8-21)34-36(32(29)35)23-10-12-24(39-3)13-11-23/h4-15,20,31H,16-19H2,1-3H3,(H,33,37)/t31-/m1/s1. The van der Waals surface area contributed by atoms with Crippen LogP contribution in [0.2, 0.25) is 0 Å². The molecule has 2 aliphatic heterocycles. The first-order chi connectivity index (χ1) is 20.4. The number of nitrogens with one attached hydrogen (secondary N) is 1. The average Bonchev–Trinajstić information content (AvgIpc) is 3.61. The van der Waals surface area contributed by atoms with Crippen LogP contribution < -0.4 is 24.4 Å². The van der Waals surface area contributed by atoms with Crippen molar-refractivity contribution in [2.24, 2.45) is 5.92 Å². The number of carbonyl (C=O) groups is 2. The maximum atomic E-state index is 13.9. The van der Waals surface area contributed by atoms with E-state index in [4.69, 9.17) is 19.3 Å². The number of fused-ring (bicyclic) bond motifs is 2. The van der Waals surface area contributed by atoms with Crippen LogP contribution in [0.5, 0.6) is 17.2 Å². The Morgan fingerprint density at radius 3 is 2.57 bits per heavy atom. The average molecular weight is 585 g/mol. The van der Waals surface area contributed by atoms with Gasteiger partial charge in [0.15, 0.2) is 11.5 Å². The van der Waals surface area contributed by atoms with Crippen LogP contribution in [-0.2, 0) is 9.59 Å². The van der Waals surface area contributed by atoms with E-state index in [0.717, 1.165) is 28.1 Å². The van der Waals surface area contributed by atoms with Crippen molar-refractivity contribution in [3.05, 3.63) is 83.9 Å². The highest BCUT2D eigenvalue weighted by atomic mass is 32.2. The molecule has 2 amide bonds. The molecule has 3 heterocycles. The smallest absolute Gasteiger partial charge is 0.240 e. The van der Waals surface area contributed by atoms with E-state index in [-0.39, 0.29) is 42.1 Å². The first kappa shape index (κ1) is 27.7. The highest BCUT2D eigenvalue weighted by Crippen LogP contribution is 2.50. The molecule has 0 spiro atoms. The minimum absolute atomic E-state index is 0.122. The van der Waals surface area contributed by atoms with Gasteiger partial charge in [-0.05, 0) is 47.9 Å². The number of rotatable bonds is 8. The van der Waals surface area contributed by atoms with Crippen LogP contribution in [-0.4, -0.2) is 54.3 Å². The molecule has 42 heavy (non-hydrogen) atoms. The maximum absolute atomic E-state index is 13.9. The number of aromatic nitrogens is 2. The van der Waals surface area contributed by atoms with Crippen molar-refractivity contribution in [2.75, 3.05) is 37.6 Å². The van der Waals surface area contributed by atoms with E-state index in [2.05, 4.69) is 5.32 Å². The Balaban J connectivity index is 1.57. The van der Waals surface area contributed by atoms with Gasteiger partial charge in [-0.15, -0.1) is 11.8 Å². The van der Waals surface area contributed by atoms with Crippen molar-refractivity contribution >= 4 is 29.4 Å². The van der Waals surface area contributed by atoms with Crippen LogP contribution >= 0.6 is 11.8 Å². The number of thioether (sulfide) groups is 1. The van der Waals surface area contributed by atoms with E-state index >= 15 is 0 Å². The van der Waals surface area contributed by atoms with Crippen molar-refractivity contribution in [1.82, 2.24) is 15.1 Å². The molecule has 4 aromatic rings. The summed E-state index contributed by atoms with van der Waals surface area (Å²) in [6.45, 7) is 4.64. The highest BCUT2D eigenvalue weighted by molar-refractivity contribution is 8.00. The zero-order valence-corrected chi connectivity index (χ0v) is 24.5. The van der Waals surface area contributed by atoms with Crippen LogP contribution in [0, 0.1) is 5.92 Å². The molecular weight excluding hydrogens is 552 g/mol. The fraction of sp³-hybridized carbons (Fsp3) is 0.281. The van der Waals surface area contributed by atoms with Gasteiger partial charge < -0.3 is 19.5 Å². The van der Waals surface area contributed by atoms with Crippen LogP contribution in [0.25, 0.3) is 16.9 Å². The lowest BCUT2D eigenvalue weighted by molar-refractivity contribution is -0.123. The first-order valence-corrected chi connectivity index (χ1v) is 14.9. The van der Waals surface area contributed by atoms with Crippen molar-refractivity contribution < 1.29 is 23.8 Å². The molecule has 0 unspecified atom stereocenters. The quantitative estimate of drug-likeness (QED) is 0.304. The number of methoxy groups -OCH3 is 1. The molecule has 0 bridgehead atoms. The van der Waals surface area contributed by atoms with Gasteiger partial charge in [-0.2, -0.15) is 5.10 Å². The van der Waals surface area contributed by atoms with Gasteiger partial charge in [0.2, 0.25) is 18.6 Å². The molecule has 3 aromatic carbocycles. The van der Waals surface area contributed by atoms with Gasteiger partial charge in [-0.1, -0.05) is 50.2 Å². The summed E-state index contributed by atoms with van der Waals surface area (Å²) < 4.78 is 18.4. The normalized spacial score (nSPS) is 15.9. The van der Waals surface area contributed by atoms with Gasteiger partial charge >= 0.3 is 0 Å². The summed E-state index contributed by atoms with van der Waals surface area (Å²) in [4.78, 5) is 28.6. The number of benzene rings is 3. The summed E-state index contributed by atoms with van der Waals surface area (Å²) in [5.74, 6) is 2.70. The van der Waals surface area contributed by atoms with Gasteiger partial charge in [0.05, 0.1) is 29.5 Å². The first-order valence-electron chi connectivity index (χ1n) is 13.8. The van der Waals surface area contributed by atoms with Crippen molar-refractivity contribution in [3.8, 4) is 34.2 Å². The minimum Gasteiger partial charge on any atom is -0.497 e. The predicted molar refractivity (Wildman–Crippen MR) is 163 cm³/mol. The lowest BCUT2D eigenvalue weighted by Gasteiger charge is -2.23. The number of amides is 2. The molecule has 1 N–H and O–H groups in total. The Kier molecular flexibility index (Phi) is 7.80. The van der Waals surface area contributed by atoms with E-state index in [0.29, 0.717) is 29.6 Å². The van der Waals surface area contributed by atoms with Gasteiger partial charge in [-0.25, -0.2) is 4.68 Å². The minimum atomic E-state index is -0.274. The van der Waals surface area contributed by atoms with Crippen LogP contribution in [0.15, 0.2) is 72.8 Å². The molecule has 10 heteroatoms. The molecule has 0 saturated carbocycles.